The largest absolute Gasteiger partial charge is 0.289 e. The van der Waals surface area contributed by atoms with Crippen LogP contribution in [0, 0.1) is 0 Å². The van der Waals surface area contributed by atoms with E-state index >= 15 is 0 Å². The molecule has 0 atom stereocenters. The molecule has 0 unspecified atom stereocenters. The smallest absolute Gasteiger partial charge is 0.193 e. The minimum Gasteiger partial charge on any atom is -0.289 e. The summed E-state index contributed by atoms with van der Waals surface area (Å²) in [6.07, 6.45) is 0.798. The Labute approximate surface area is 158 Å². The average molecular weight is 346 g/mol. The van der Waals surface area contributed by atoms with Crippen molar-refractivity contribution in [3.05, 3.63) is 119 Å². The second-order valence-corrected chi connectivity index (χ2v) is 6.98. The number of hydrogen-bond donors (Lipinski definition) is 0. The predicted molar refractivity (Wildman–Crippen MR) is 110 cm³/mol. The van der Waals surface area contributed by atoms with Crippen molar-refractivity contribution in [3.63, 3.8) is 0 Å². The summed E-state index contributed by atoms with van der Waals surface area (Å²) in [5.74, 6) is 0.128. The average Bonchev–Trinajstić information content (AvgIpc) is 2.75. The van der Waals surface area contributed by atoms with Crippen LogP contribution < -0.4 is 0 Å². The number of hydrogen-bond acceptors (Lipinski definition) is 1. The van der Waals surface area contributed by atoms with Gasteiger partial charge in [0.15, 0.2) is 5.78 Å². The number of benzene rings is 4. The summed E-state index contributed by atoms with van der Waals surface area (Å²) in [4.78, 5) is 13.1. The predicted octanol–water partition coefficient (Wildman–Crippen LogP) is 6.16. The SMILES string of the molecule is O=C1c2ccc(-c3ccccc3)cc2Cc2ccc(-c3ccccc3)cc21. The van der Waals surface area contributed by atoms with Crippen LogP contribution in [0.15, 0.2) is 97.1 Å². The van der Waals surface area contributed by atoms with E-state index in [0.29, 0.717) is 0 Å². The van der Waals surface area contributed by atoms with Crippen LogP contribution in [0.4, 0.5) is 0 Å². The Kier molecular flexibility index (Phi) is 3.72. The van der Waals surface area contributed by atoms with Crippen molar-refractivity contribution in [3.8, 4) is 22.3 Å². The zero-order chi connectivity index (χ0) is 18.2. The van der Waals surface area contributed by atoms with E-state index < -0.39 is 0 Å². The lowest BCUT2D eigenvalue weighted by atomic mass is 9.82. The van der Waals surface area contributed by atoms with Crippen LogP contribution in [0.2, 0.25) is 0 Å². The second-order valence-electron chi connectivity index (χ2n) is 6.98. The molecule has 4 aromatic carbocycles. The first kappa shape index (κ1) is 15.8. The summed E-state index contributed by atoms with van der Waals surface area (Å²) in [6.45, 7) is 0. The highest BCUT2D eigenvalue weighted by molar-refractivity contribution is 6.13. The third kappa shape index (κ3) is 2.78. The number of fused-ring (bicyclic) bond motifs is 2. The molecular formula is C26H18O. The lowest BCUT2D eigenvalue weighted by Gasteiger charge is -2.20. The van der Waals surface area contributed by atoms with Gasteiger partial charge in [0.05, 0.1) is 0 Å². The molecule has 0 bridgehead atoms. The van der Waals surface area contributed by atoms with E-state index in [0.717, 1.165) is 45.4 Å². The lowest BCUT2D eigenvalue weighted by molar-refractivity contribution is 0.103. The highest BCUT2D eigenvalue weighted by Gasteiger charge is 2.24. The maximum absolute atomic E-state index is 13.1. The van der Waals surface area contributed by atoms with E-state index in [1.165, 1.54) is 5.56 Å². The molecule has 0 aliphatic heterocycles. The molecule has 0 fully saturated rings. The molecule has 0 N–H and O–H groups in total. The van der Waals surface area contributed by atoms with Gasteiger partial charge in [0.25, 0.3) is 0 Å². The van der Waals surface area contributed by atoms with Gasteiger partial charge in [-0.15, -0.1) is 0 Å². The van der Waals surface area contributed by atoms with Gasteiger partial charge in [-0.25, -0.2) is 0 Å². The molecule has 0 saturated carbocycles. The van der Waals surface area contributed by atoms with E-state index in [1.54, 1.807) is 0 Å². The van der Waals surface area contributed by atoms with Crippen LogP contribution in [0.3, 0.4) is 0 Å². The summed E-state index contributed by atoms with van der Waals surface area (Å²) >= 11 is 0. The van der Waals surface area contributed by atoms with Crippen LogP contribution in [0.1, 0.15) is 27.0 Å². The molecule has 5 rings (SSSR count). The molecule has 0 aromatic heterocycles. The van der Waals surface area contributed by atoms with Crippen molar-refractivity contribution in [2.45, 2.75) is 6.42 Å². The molecule has 0 amide bonds. The summed E-state index contributed by atoms with van der Waals surface area (Å²) in [5.41, 5.74) is 8.44. The van der Waals surface area contributed by atoms with Crippen LogP contribution in [-0.2, 0) is 6.42 Å². The first-order chi connectivity index (χ1) is 13.3. The van der Waals surface area contributed by atoms with Gasteiger partial charge in [0.2, 0.25) is 0 Å². The Morgan fingerprint density at radius 1 is 0.481 bits per heavy atom. The number of carbonyl (C=O) groups excluding carboxylic acids is 1. The van der Waals surface area contributed by atoms with Crippen LogP contribution in [0.5, 0.6) is 0 Å². The molecule has 27 heavy (non-hydrogen) atoms. The molecule has 1 nitrogen and oxygen atoms in total. The highest BCUT2D eigenvalue weighted by Crippen LogP contribution is 2.33. The minimum atomic E-state index is 0.128. The Balaban J connectivity index is 1.56. The van der Waals surface area contributed by atoms with Crippen LogP contribution >= 0.6 is 0 Å². The fourth-order valence-electron chi connectivity index (χ4n) is 3.87. The highest BCUT2D eigenvalue weighted by atomic mass is 16.1. The van der Waals surface area contributed by atoms with Gasteiger partial charge in [-0.05, 0) is 45.9 Å². The van der Waals surface area contributed by atoms with Gasteiger partial charge in [-0.1, -0.05) is 91.0 Å². The summed E-state index contributed by atoms with van der Waals surface area (Å²) in [5, 5.41) is 0. The standard InChI is InChI=1S/C26H18O/c27-26-24-14-13-20(18-7-3-1-4-8-18)15-23(24)16-22-12-11-21(17-25(22)26)19-9-5-2-6-10-19/h1-15,17H,16H2. The summed E-state index contributed by atoms with van der Waals surface area (Å²) in [6, 6.07) is 33.0. The maximum Gasteiger partial charge on any atom is 0.193 e. The monoisotopic (exact) mass is 346 g/mol. The van der Waals surface area contributed by atoms with Crippen molar-refractivity contribution >= 4 is 5.78 Å². The first-order valence-corrected chi connectivity index (χ1v) is 9.21. The minimum absolute atomic E-state index is 0.128. The van der Waals surface area contributed by atoms with Gasteiger partial charge < -0.3 is 0 Å². The molecule has 0 radical (unpaired) electrons. The van der Waals surface area contributed by atoms with E-state index in [4.69, 9.17) is 0 Å². The van der Waals surface area contributed by atoms with Gasteiger partial charge in [0, 0.05) is 11.1 Å². The number of ketones is 1. The fraction of sp³-hybridized carbons (Fsp3) is 0.0385. The third-order valence-corrected chi connectivity index (χ3v) is 5.30. The summed E-state index contributed by atoms with van der Waals surface area (Å²) < 4.78 is 0. The molecule has 0 spiro atoms. The topological polar surface area (TPSA) is 17.1 Å². The zero-order valence-corrected chi connectivity index (χ0v) is 14.9. The van der Waals surface area contributed by atoms with E-state index in [2.05, 4.69) is 48.5 Å². The number of carbonyl (C=O) groups is 1. The van der Waals surface area contributed by atoms with Gasteiger partial charge in [-0.3, -0.25) is 4.79 Å². The van der Waals surface area contributed by atoms with Gasteiger partial charge in [-0.2, -0.15) is 0 Å². The quantitative estimate of drug-likeness (QED) is 0.374. The molecule has 0 saturated heterocycles. The second kappa shape index (κ2) is 6.37. The fourth-order valence-corrected chi connectivity index (χ4v) is 3.87. The Hall–Kier alpha value is -3.45. The van der Waals surface area contributed by atoms with Gasteiger partial charge in [0.1, 0.15) is 0 Å². The lowest BCUT2D eigenvalue weighted by Crippen LogP contribution is -2.15. The van der Waals surface area contributed by atoms with Crippen molar-refractivity contribution in [2.24, 2.45) is 0 Å². The molecule has 1 aliphatic carbocycles. The third-order valence-electron chi connectivity index (χ3n) is 5.30. The molecule has 1 heteroatoms. The Bertz CT molecular complexity index is 1140. The van der Waals surface area contributed by atoms with Crippen molar-refractivity contribution < 1.29 is 4.79 Å². The van der Waals surface area contributed by atoms with E-state index in [-0.39, 0.29) is 5.78 Å². The molecule has 128 valence electrons. The molecule has 0 heterocycles. The summed E-state index contributed by atoms with van der Waals surface area (Å²) in [7, 11) is 0. The molecular weight excluding hydrogens is 328 g/mol. The molecule has 1 aliphatic rings. The van der Waals surface area contributed by atoms with Crippen molar-refractivity contribution in [1.82, 2.24) is 0 Å². The van der Waals surface area contributed by atoms with E-state index in [9.17, 15) is 4.79 Å². The van der Waals surface area contributed by atoms with Crippen LogP contribution in [0.25, 0.3) is 22.3 Å². The maximum atomic E-state index is 13.1. The van der Waals surface area contributed by atoms with Crippen molar-refractivity contribution in [1.29, 1.82) is 0 Å². The Morgan fingerprint density at radius 2 is 1.07 bits per heavy atom. The normalized spacial score (nSPS) is 12.4. The first-order valence-electron chi connectivity index (χ1n) is 9.21. The van der Waals surface area contributed by atoms with E-state index in [1.807, 2.05) is 48.5 Å². The van der Waals surface area contributed by atoms with Gasteiger partial charge >= 0.3 is 0 Å². The van der Waals surface area contributed by atoms with Crippen molar-refractivity contribution in [2.75, 3.05) is 0 Å². The van der Waals surface area contributed by atoms with Crippen LogP contribution in [-0.4, -0.2) is 5.78 Å². The Morgan fingerprint density at radius 3 is 1.74 bits per heavy atom. The zero-order valence-electron chi connectivity index (χ0n) is 14.9. The number of rotatable bonds is 2. The molecule has 4 aromatic rings.